The van der Waals surface area contributed by atoms with E-state index < -0.39 is 15.8 Å². The number of amides is 1. The second-order valence-corrected chi connectivity index (χ2v) is 12.7. The molecule has 33 heavy (non-hydrogen) atoms. The molecule has 3 heterocycles. The van der Waals surface area contributed by atoms with Gasteiger partial charge in [0.15, 0.2) is 0 Å². The summed E-state index contributed by atoms with van der Waals surface area (Å²) >= 11 is 3.60. The number of carbonyl (C=O) groups is 1. The van der Waals surface area contributed by atoms with Gasteiger partial charge >= 0.3 is 6.09 Å². The normalized spacial score (nSPS) is 24.2. The van der Waals surface area contributed by atoms with E-state index in [9.17, 15) is 9.90 Å². The lowest BCUT2D eigenvalue weighted by Gasteiger charge is -2.47. The summed E-state index contributed by atoms with van der Waals surface area (Å²) in [6.45, 7) is 6.14. The first-order valence-electron chi connectivity index (χ1n) is 11.7. The van der Waals surface area contributed by atoms with E-state index in [1.165, 1.54) is 0 Å². The average Bonchev–Trinajstić information content (AvgIpc) is 2.83. The van der Waals surface area contributed by atoms with Crippen molar-refractivity contribution >= 4 is 29.6 Å². The van der Waals surface area contributed by atoms with Crippen LogP contribution in [0.2, 0.25) is 0 Å². The van der Waals surface area contributed by atoms with Gasteiger partial charge in [-0.2, -0.15) is 0 Å². The summed E-state index contributed by atoms with van der Waals surface area (Å²) in [6.07, 6.45) is 3.63. The zero-order chi connectivity index (χ0) is 23.5. The highest BCUT2D eigenvalue weighted by Crippen LogP contribution is 2.54. The summed E-state index contributed by atoms with van der Waals surface area (Å²) in [7, 11) is 0. The number of nitrogens with zero attached hydrogens (tertiary/aromatic N) is 2. The number of thioether (sulfide) groups is 2. The number of hydrogen-bond acceptors (Lipinski definition) is 6. The van der Waals surface area contributed by atoms with Gasteiger partial charge in [0.05, 0.1) is 17.8 Å². The Morgan fingerprint density at radius 2 is 1.82 bits per heavy atom. The number of pyridine rings is 1. The van der Waals surface area contributed by atoms with Crippen LogP contribution in [0.25, 0.3) is 0 Å². The van der Waals surface area contributed by atoms with Crippen molar-refractivity contribution < 1.29 is 14.6 Å². The van der Waals surface area contributed by atoms with Gasteiger partial charge < -0.3 is 14.7 Å². The monoisotopic (exact) mass is 486 g/mol. The molecule has 1 aromatic carbocycles. The van der Waals surface area contributed by atoms with E-state index in [2.05, 4.69) is 17.1 Å². The number of aromatic nitrogens is 1. The van der Waals surface area contributed by atoms with Crippen molar-refractivity contribution in [2.45, 2.75) is 61.9 Å². The smallest absolute Gasteiger partial charge is 0.410 e. The van der Waals surface area contributed by atoms with E-state index >= 15 is 0 Å². The van der Waals surface area contributed by atoms with Gasteiger partial charge in [0.1, 0.15) is 9.68 Å². The molecule has 0 aliphatic carbocycles. The topological polar surface area (TPSA) is 62.7 Å². The highest BCUT2D eigenvalue weighted by molar-refractivity contribution is 8.18. The Balaban J connectivity index is 1.62. The van der Waals surface area contributed by atoms with Crippen LogP contribution in [-0.4, -0.2) is 50.8 Å². The van der Waals surface area contributed by atoms with Gasteiger partial charge in [-0.25, -0.2) is 4.79 Å². The molecule has 7 heteroatoms. The van der Waals surface area contributed by atoms with Crippen molar-refractivity contribution in [3.8, 4) is 0 Å². The van der Waals surface area contributed by atoms with Crippen LogP contribution in [0.15, 0.2) is 54.7 Å². The first-order valence-corrected chi connectivity index (χ1v) is 13.7. The molecule has 2 aliphatic heterocycles. The zero-order valence-corrected chi connectivity index (χ0v) is 21.3. The van der Waals surface area contributed by atoms with E-state index in [0.717, 1.165) is 42.0 Å². The number of aliphatic hydroxyl groups excluding tert-OH is 1. The third-order valence-electron chi connectivity index (χ3n) is 6.21. The standard InChI is InChI=1S/C26H34N2O3S2/c1-25(2,3)31-24(30)28-18-20(13-14-21(28)19-10-5-4-6-11-19)23(29)26(32-16-9-17-33-26)22-12-7-8-15-27-22/h4-8,10-12,15,20-21,23,29H,9,13-14,16-18H2,1-3H3. The lowest BCUT2D eigenvalue weighted by molar-refractivity contribution is -0.0162. The van der Waals surface area contributed by atoms with Crippen LogP contribution in [0.1, 0.15) is 57.3 Å². The zero-order valence-electron chi connectivity index (χ0n) is 19.6. The van der Waals surface area contributed by atoms with Crippen molar-refractivity contribution in [1.29, 1.82) is 0 Å². The molecule has 1 amide bonds. The molecule has 2 fully saturated rings. The van der Waals surface area contributed by atoms with E-state index in [1.54, 1.807) is 29.7 Å². The molecule has 0 radical (unpaired) electrons. The Bertz CT molecular complexity index is 914. The Labute approximate surface area is 205 Å². The first-order chi connectivity index (χ1) is 15.8. The van der Waals surface area contributed by atoms with Crippen LogP contribution < -0.4 is 0 Å². The molecule has 3 atom stereocenters. The lowest BCUT2D eigenvalue weighted by Crippen LogP contribution is -2.51. The fourth-order valence-corrected chi connectivity index (χ4v) is 8.16. The minimum atomic E-state index is -0.621. The van der Waals surface area contributed by atoms with Crippen molar-refractivity contribution in [3.05, 3.63) is 66.0 Å². The fraction of sp³-hybridized carbons (Fsp3) is 0.538. The highest BCUT2D eigenvalue weighted by atomic mass is 32.2. The molecule has 5 nitrogen and oxygen atoms in total. The minimum absolute atomic E-state index is 0.0537. The number of ether oxygens (including phenoxy) is 1. The van der Waals surface area contributed by atoms with Gasteiger partial charge in [0, 0.05) is 18.7 Å². The van der Waals surface area contributed by atoms with Crippen molar-refractivity contribution in [1.82, 2.24) is 9.88 Å². The lowest BCUT2D eigenvalue weighted by atomic mass is 9.84. The number of benzene rings is 1. The second kappa shape index (κ2) is 10.3. The van der Waals surface area contributed by atoms with E-state index in [1.807, 2.05) is 62.1 Å². The molecule has 2 aliphatic rings. The number of likely N-dealkylation sites (tertiary alicyclic amines) is 1. The predicted octanol–water partition coefficient (Wildman–Crippen LogP) is 5.85. The Morgan fingerprint density at radius 1 is 1.12 bits per heavy atom. The predicted molar refractivity (Wildman–Crippen MR) is 136 cm³/mol. The Kier molecular flexibility index (Phi) is 7.61. The van der Waals surface area contributed by atoms with Gasteiger partial charge in [0.25, 0.3) is 0 Å². The molecule has 3 unspecified atom stereocenters. The molecule has 2 saturated heterocycles. The van der Waals surface area contributed by atoms with Crippen LogP contribution in [0.5, 0.6) is 0 Å². The van der Waals surface area contributed by atoms with Crippen LogP contribution in [0.3, 0.4) is 0 Å². The largest absolute Gasteiger partial charge is 0.444 e. The minimum Gasteiger partial charge on any atom is -0.444 e. The van der Waals surface area contributed by atoms with Gasteiger partial charge in [-0.15, -0.1) is 23.5 Å². The molecule has 0 saturated carbocycles. The van der Waals surface area contributed by atoms with Gasteiger partial charge in [0.2, 0.25) is 0 Å². The molecular formula is C26H34N2O3S2. The maximum atomic E-state index is 13.3. The SMILES string of the molecule is CC(C)(C)OC(=O)N1CC(C(O)C2(c3ccccn3)SCCCS2)CCC1c1ccccc1. The van der Waals surface area contributed by atoms with E-state index in [4.69, 9.17) is 4.74 Å². The molecule has 4 rings (SSSR count). The second-order valence-electron chi connectivity index (χ2n) is 9.77. The van der Waals surface area contributed by atoms with Gasteiger partial charge in [-0.1, -0.05) is 36.4 Å². The molecule has 2 aromatic rings. The molecule has 178 valence electrons. The van der Waals surface area contributed by atoms with Crippen LogP contribution >= 0.6 is 23.5 Å². The molecular weight excluding hydrogens is 452 g/mol. The quantitative estimate of drug-likeness (QED) is 0.585. The summed E-state index contributed by atoms with van der Waals surface area (Å²) in [5.74, 6) is 1.93. The first kappa shape index (κ1) is 24.4. The number of carbonyl (C=O) groups excluding carboxylic acids is 1. The number of hydrogen-bond donors (Lipinski definition) is 1. The molecule has 0 spiro atoms. The van der Waals surface area contributed by atoms with Crippen LogP contribution in [0, 0.1) is 5.92 Å². The summed E-state index contributed by atoms with van der Waals surface area (Å²) in [5, 5.41) is 11.8. The number of aliphatic hydroxyl groups is 1. The summed E-state index contributed by atoms with van der Waals surface area (Å²) < 4.78 is 5.28. The summed E-state index contributed by atoms with van der Waals surface area (Å²) in [4.78, 5) is 19.8. The number of piperidine rings is 1. The molecule has 0 bridgehead atoms. The maximum absolute atomic E-state index is 13.3. The van der Waals surface area contributed by atoms with E-state index in [0.29, 0.717) is 6.54 Å². The van der Waals surface area contributed by atoms with Crippen LogP contribution in [0.4, 0.5) is 4.79 Å². The summed E-state index contributed by atoms with van der Waals surface area (Å²) in [6, 6.07) is 16.0. The highest BCUT2D eigenvalue weighted by Gasteiger charge is 2.49. The third-order valence-corrected chi connectivity index (χ3v) is 9.66. The maximum Gasteiger partial charge on any atom is 0.410 e. The molecule has 1 aromatic heterocycles. The fourth-order valence-electron chi connectivity index (χ4n) is 4.70. The van der Waals surface area contributed by atoms with Gasteiger partial charge in [-0.05, 0) is 69.2 Å². The summed E-state index contributed by atoms with van der Waals surface area (Å²) in [5.41, 5.74) is 1.45. The Morgan fingerprint density at radius 3 is 2.45 bits per heavy atom. The Hall–Kier alpha value is -1.70. The van der Waals surface area contributed by atoms with Crippen LogP contribution in [-0.2, 0) is 8.82 Å². The average molecular weight is 487 g/mol. The van der Waals surface area contributed by atoms with Gasteiger partial charge in [-0.3, -0.25) is 4.98 Å². The number of rotatable bonds is 4. The third kappa shape index (κ3) is 5.52. The van der Waals surface area contributed by atoms with Crippen molar-refractivity contribution in [2.24, 2.45) is 5.92 Å². The molecule has 1 N–H and O–H groups in total. The van der Waals surface area contributed by atoms with E-state index in [-0.39, 0.29) is 18.1 Å². The van der Waals surface area contributed by atoms with Crippen molar-refractivity contribution in [2.75, 3.05) is 18.1 Å². The van der Waals surface area contributed by atoms with Crippen molar-refractivity contribution in [3.63, 3.8) is 0 Å².